The number of halogens is 6. The van der Waals surface area contributed by atoms with E-state index in [1.165, 1.54) is 0 Å². The Hall–Kier alpha value is -0.540. The van der Waals surface area contributed by atoms with Crippen LogP contribution < -0.4 is 0 Å². The predicted molar refractivity (Wildman–Crippen MR) is 83.5 cm³/mol. The molecule has 0 saturated heterocycles. The van der Waals surface area contributed by atoms with Crippen LogP contribution in [0.1, 0.15) is 39.5 Å². The molecule has 0 aliphatic heterocycles. The Labute approximate surface area is 154 Å². The summed E-state index contributed by atoms with van der Waals surface area (Å²) in [6, 6.07) is 0. The second-order valence-corrected chi connectivity index (χ2v) is 8.77. The molecule has 0 aromatic carbocycles. The second kappa shape index (κ2) is 6.49. The standard InChI is InChI=1S/C18H26F6O3/c1-9-10(2)12-4-11(9)13-5-15(25,17(19,20)21)7-16(6-14(12)13,18(22,23)24)27-8-26-3/h9-14,25H,4-8H2,1-3H3. The van der Waals surface area contributed by atoms with E-state index in [0.29, 0.717) is 6.42 Å². The van der Waals surface area contributed by atoms with Gasteiger partial charge in [-0.2, -0.15) is 26.3 Å². The van der Waals surface area contributed by atoms with Gasteiger partial charge < -0.3 is 14.6 Å². The first kappa shape index (κ1) is 21.2. The maximum absolute atomic E-state index is 14.0. The van der Waals surface area contributed by atoms with E-state index in [4.69, 9.17) is 4.74 Å². The topological polar surface area (TPSA) is 38.7 Å². The van der Waals surface area contributed by atoms with Crippen molar-refractivity contribution in [2.45, 2.75) is 63.1 Å². The first-order chi connectivity index (χ1) is 12.3. The average Bonchev–Trinajstić information content (AvgIpc) is 2.94. The molecule has 1 N–H and O–H groups in total. The lowest BCUT2D eigenvalue weighted by atomic mass is 9.66. The molecule has 0 spiro atoms. The molecule has 3 saturated carbocycles. The molecule has 9 heteroatoms. The maximum Gasteiger partial charge on any atom is 0.417 e. The predicted octanol–water partition coefficient (Wildman–Crippen LogP) is 4.54. The van der Waals surface area contributed by atoms with Gasteiger partial charge in [0.05, 0.1) is 0 Å². The monoisotopic (exact) mass is 404 g/mol. The van der Waals surface area contributed by atoms with Crippen LogP contribution in [0.2, 0.25) is 0 Å². The maximum atomic E-state index is 14.0. The highest BCUT2D eigenvalue weighted by atomic mass is 19.4. The van der Waals surface area contributed by atoms with E-state index in [9.17, 15) is 31.4 Å². The Bertz CT molecular complexity index is 564. The third kappa shape index (κ3) is 3.17. The van der Waals surface area contributed by atoms with Crippen molar-refractivity contribution in [3.8, 4) is 0 Å². The Morgan fingerprint density at radius 3 is 1.85 bits per heavy atom. The van der Waals surface area contributed by atoms with Crippen molar-refractivity contribution < 1.29 is 40.9 Å². The fourth-order valence-corrected chi connectivity index (χ4v) is 6.08. The van der Waals surface area contributed by atoms with Gasteiger partial charge in [-0.25, -0.2) is 0 Å². The van der Waals surface area contributed by atoms with E-state index in [1.807, 2.05) is 13.8 Å². The van der Waals surface area contributed by atoms with Gasteiger partial charge in [0, 0.05) is 13.5 Å². The molecule has 3 aliphatic rings. The number of rotatable bonds is 3. The van der Waals surface area contributed by atoms with Crippen molar-refractivity contribution in [2.24, 2.45) is 35.5 Å². The van der Waals surface area contributed by atoms with Crippen LogP contribution in [0, 0.1) is 35.5 Å². The molecule has 0 aromatic rings. The third-order valence-corrected chi connectivity index (χ3v) is 7.59. The molecule has 3 nitrogen and oxygen atoms in total. The van der Waals surface area contributed by atoms with Crippen LogP contribution in [0.3, 0.4) is 0 Å². The van der Waals surface area contributed by atoms with Crippen LogP contribution >= 0.6 is 0 Å². The molecule has 0 heterocycles. The summed E-state index contributed by atoms with van der Waals surface area (Å²) in [4.78, 5) is 0. The van der Waals surface area contributed by atoms with Gasteiger partial charge in [-0.3, -0.25) is 0 Å². The van der Waals surface area contributed by atoms with Gasteiger partial charge in [0.15, 0.2) is 11.2 Å². The Balaban J connectivity index is 2.08. The van der Waals surface area contributed by atoms with E-state index in [0.717, 1.165) is 7.11 Å². The quantitative estimate of drug-likeness (QED) is 0.555. The van der Waals surface area contributed by atoms with Crippen LogP contribution in [0.15, 0.2) is 0 Å². The summed E-state index contributed by atoms with van der Waals surface area (Å²) in [5.74, 6) is -1.07. The zero-order chi connectivity index (χ0) is 20.4. The SMILES string of the molecule is COCOC1(C(F)(F)F)CC2C3CC(C(C)C3C)C2CC(O)(C(F)(F)F)C1. The fourth-order valence-electron chi connectivity index (χ4n) is 6.08. The molecular weight excluding hydrogens is 378 g/mol. The van der Waals surface area contributed by atoms with Crippen LogP contribution in [0.5, 0.6) is 0 Å². The minimum Gasteiger partial charge on any atom is -0.380 e. The van der Waals surface area contributed by atoms with E-state index in [1.54, 1.807) is 0 Å². The van der Waals surface area contributed by atoms with Gasteiger partial charge in [0.1, 0.15) is 6.79 Å². The molecule has 158 valence electrons. The van der Waals surface area contributed by atoms with Crippen molar-refractivity contribution in [1.82, 2.24) is 0 Å². The van der Waals surface area contributed by atoms with Crippen molar-refractivity contribution >= 4 is 0 Å². The van der Waals surface area contributed by atoms with E-state index >= 15 is 0 Å². The zero-order valence-corrected chi connectivity index (χ0v) is 15.5. The summed E-state index contributed by atoms with van der Waals surface area (Å²) >= 11 is 0. The van der Waals surface area contributed by atoms with Crippen molar-refractivity contribution in [2.75, 3.05) is 13.9 Å². The summed E-state index contributed by atoms with van der Waals surface area (Å²) in [5.41, 5.74) is -6.52. The van der Waals surface area contributed by atoms with Crippen LogP contribution in [0.4, 0.5) is 26.3 Å². The molecule has 8 atom stereocenters. The number of aliphatic hydroxyl groups is 1. The van der Waals surface area contributed by atoms with Gasteiger partial charge in [0.25, 0.3) is 0 Å². The van der Waals surface area contributed by atoms with Crippen molar-refractivity contribution in [1.29, 1.82) is 0 Å². The highest BCUT2D eigenvalue weighted by Crippen LogP contribution is 2.66. The summed E-state index contributed by atoms with van der Waals surface area (Å²) in [6.45, 7) is 3.12. The minimum atomic E-state index is -5.18. The average molecular weight is 404 g/mol. The molecule has 27 heavy (non-hydrogen) atoms. The highest BCUT2D eigenvalue weighted by molar-refractivity contribution is 5.12. The summed E-state index contributed by atoms with van der Waals surface area (Å²) in [6.07, 6.45) is -12.4. The van der Waals surface area contributed by atoms with Crippen LogP contribution in [0.25, 0.3) is 0 Å². The van der Waals surface area contributed by atoms with Gasteiger partial charge >= 0.3 is 12.4 Å². The van der Waals surface area contributed by atoms with Gasteiger partial charge in [-0.15, -0.1) is 0 Å². The fraction of sp³-hybridized carbons (Fsp3) is 1.00. The molecule has 0 amide bonds. The lowest BCUT2D eigenvalue weighted by Gasteiger charge is -2.42. The number of alkyl halides is 6. The molecule has 8 unspecified atom stereocenters. The Morgan fingerprint density at radius 1 is 0.889 bits per heavy atom. The lowest BCUT2D eigenvalue weighted by molar-refractivity contribution is -0.336. The van der Waals surface area contributed by atoms with Crippen molar-refractivity contribution in [3.05, 3.63) is 0 Å². The number of fused-ring (bicyclic) bond motifs is 5. The van der Waals surface area contributed by atoms with Gasteiger partial charge in [-0.1, -0.05) is 13.8 Å². The summed E-state index contributed by atoms with van der Waals surface area (Å²) in [5, 5.41) is 10.5. The molecule has 0 radical (unpaired) electrons. The third-order valence-electron chi connectivity index (χ3n) is 7.59. The number of hydrogen-bond acceptors (Lipinski definition) is 3. The molecule has 3 aliphatic carbocycles. The van der Waals surface area contributed by atoms with Gasteiger partial charge in [0.2, 0.25) is 0 Å². The largest absolute Gasteiger partial charge is 0.417 e. The Morgan fingerprint density at radius 2 is 1.41 bits per heavy atom. The zero-order valence-electron chi connectivity index (χ0n) is 15.5. The normalized spacial score (nSPS) is 47.8. The number of methoxy groups -OCH3 is 1. The lowest BCUT2D eigenvalue weighted by Crippen LogP contribution is -2.57. The number of ether oxygens (including phenoxy) is 2. The smallest absolute Gasteiger partial charge is 0.380 e. The number of hydrogen-bond donors (Lipinski definition) is 1. The van der Waals surface area contributed by atoms with E-state index < -0.39 is 61.4 Å². The second-order valence-electron chi connectivity index (χ2n) is 8.77. The molecule has 3 fully saturated rings. The highest BCUT2D eigenvalue weighted by Gasteiger charge is 2.71. The minimum absolute atomic E-state index is 0.0848. The first-order valence-electron chi connectivity index (χ1n) is 9.25. The molecule has 0 aromatic heterocycles. The van der Waals surface area contributed by atoms with Gasteiger partial charge in [-0.05, 0) is 54.8 Å². The van der Waals surface area contributed by atoms with Crippen LogP contribution in [-0.2, 0) is 9.47 Å². The Kier molecular flexibility index (Phi) is 5.09. The molecular formula is C18H26F6O3. The van der Waals surface area contributed by atoms with Crippen molar-refractivity contribution in [3.63, 3.8) is 0 Å². The van der Waals surface area contributed by atoms with Crippen LogP contribution in [-0.4, -0.2) is 42.6 Å². The van der Waals surface area contributed by atoms with E-state index in [2.05, 4.69) is 4.74 Å². The van der Waals surface area contributed by atoms with E-state index in [-0.39, 0.29) is 23.7 Å². The molecule has 2 bridgehead atoms. The summed E-state index contributed by atoms with van der Waals surface area (Å²) < 4.78 is 92.8. The molecule has 3 rings (SSSR count). The summed E-state index contributed by atoms with van der Waals surface area (Å²) in [7, 11) is 1.11. The first-order valence-corrected chi connectivity index (χ1v) is 9.25.